The summed E-state index contributed by atoms with van der Waals surface area (Å²) in [4.78, 5) is 8.29. The van der Waals surface area contributed by atoms with Crippen molar-refractivity contribution in [1.82, 2.24) is 20.2 Å². The van der Waals surface area contributed by atoms with Gasteiger partial charge in [-0.05, 0) is 12.8 Å². The van der Waals surface area contributed by atoms with Gasteiger partial charge in [0.05, 0.1) is 23.7 Å². The predicted molar refractivity (Wildman–Crippen MR) is 72.6 cm³/mol. The first-order chi connectivity index (χ1) is 9.24. The number of aromatic amines is 1. The molecule has 7 nitrogen and oxygen atoms in total. The van der Waals surface area contributed by atoms with Crippen LogP contribution >= 0.6 is 0 Å². The summed E-state index contributed by atoms with van der Waals surface area (Å²) in [6.45, 7) is 0. The van der Waals surface area contributed by atoms with Crippen LogP contribution in [0.4, 0.5) is 11.8 Å². The number of nitrogens with one attached hydrogen (secondary N) is 2. The Morgan fingerprint density at radius 3 is 3.00 bits per heavy atom. The summed E-state index contributed by atoms with van der Waals surface area (Å²) in [6, 6.07) is 0.00917. The third-order valence-corrected chi connectivity index (χ3v) is 3.63. The van der Waals surface area contributed by atoms with Crippen LogP contribution < -0.4 is 11.1 Å². The van der Waals surface area contributed by atoms with Gasteiger partial charge in [-0.1, -0.05) is 19.3 Å². The molecular formula is C12H18N6O. The number of nitrogens with two attached hydrogens (primary N) is 1. The van der Waals surface area contributed by atoms with Crippen LogP contribution in [0.2, 0.25) is 0 Å². The first-order valence-electron chi connectivity index (χ1n) is 6.65. The highest BCUT2D eigenvalue weighted by Gasteiger charge is 2.23. The molecule has 1 saturated carbocycles. The highest BCUT2D eigenvalue weighted by molar-refractivity contribution is 5.86. The molecule has 0 radical (unpaired) electrons. The molecule has 0 aromatic carbocycles. The van der Waals surface area contributed by atoms with Crippen LogP contribution in [-0.4, -0.2) is 37.4 Å². The number of hydrogen-bond donors (Lipinski definition) is 4. The lowest BCUT2D eigenvalue weighted by atomic mass is 10.1. The third-order valence-electron chi connectivity index (χ3n) is 3.63. The Kier molecular flexibility index (Phi) is 3.20. The second-order valence-electron chi connectivity index (χ2n) is 5.02. The van der Waals surface area contributed by atoms with E-state index in [1.165, 1.54) is 6.42 Å². The number of hydrogen-bond acceptors (Lipinski definition) is 6. The number of anilines is 2. The molecule has 2 aromatic rings. The maximum Gasteiger partial charge on any atom is 0.224 e. The van der Waals surface area contributed by atoms with Crippen LogP contribution in [-0.2, 0) is 0 Å². The van der Waals surface area contributed by atoms with Gasteiger partial charge in [0.1, 0.15) is 5.82 Å². The molecule has 1 fully saturated rings. The highest BCUT2D eigenvalue weighted by atomic mass is 16.3. The van der Waals surface area contributed by atoms with Gasteiger partial charge < -0.3 is 16.2 Å². The molecule has 2 atom stereocenters. The molecular weight excluding hydrogens is 244 g/mol. The maximum absolute atomic E-state index is 10.1. The topological polar surface area (TPSA) is 113 Å². The minimum Gasteiger partial charge on any atom is -0.391 e. The second-order valence-corrected chi connectivity index (χ2v) is 5.02. The van der Waals surface area contributed by atoms with Gasteiger partial charge in [-0.15, -0.1) is 0 Å². The predicted octanol–water partition coefficient (Wildman–Crippen LogP) is 1.04. The average molecular weight is 262 g/mol. The van der Waals surface area contributed by atoms with Gasteiger partial charge in [0.2, 0.25) is 5.95 Å². The molecule has 1 aliphatic carbocycles. The summed E-state index contributed by atoms with van der Waals surface area (Å²) in [5.41, 5.74) is 6.29. The molecule has 19 heavy (non-hydrogen) atoms. The Hall–Kier alpha value is -1.89. The third kappa shape index (κ3) is 2.46. The van der Waals surface area contributed by atoms with Crippen LogP contribution in [0, 0.1) is 0 Å². The van der Waals surface area contributed by atoms with Crippen molar-refractivity contribution >= 4 is 22.8 Å². The Labute approximate surface area is 110 Å². The van der Waals surface area contributed by atoms with E-state index in [-0.39, 0.29) is 18.1 Å². The van der Waals surface area contributed by atoms with Crippen LogP contribution in [0.15, 0.2) is 6.20 Å². The monoisotopic (exact) mass is 262 g/mol. The van der Waals surface area contributed by atoms with E-state index in [0.717, 1.165) is 31.1 Å². The van der Waals surface area contributed by atoms with Gasteiger partial charge >= 0.3 is 0 Å². The van der Waals surface area contributed by atoms with Crippen molar-refractivity contribution < 1.29 is 5.11 Å². The molecule has 0 amide bonds. The summed E-state index contributed by atoms with van der Waals surface area (Å²) in [7, 11) is 0. The molecule has 1 aliphatic rings. The normalized spacial score (nSPS) is 24.3. The fraction of sp³-hybridized carbons (Fsp3) is 0.583. The fourth-order valence-corrected chi connectivity index (χ4v) is 2.59. The molecule has 102 valence electrons. The Morgan fingerprint density at radius 1 is 1.26 bits per heavy atom. The van der Waals surface area contributed by atoms with Crippen molar-refractivity contribution in [2.45, 2.75) is 44.2 Å². The van der Waals surface area contributed by atoms with Crippen molar-refractivity contribution in [3.63, 3.8) is 0 Å². The van der Waals surface area contributed by atoms with E-state index in [0.29, 0.717) is 11.5 Å². The van der Waals surface area contributed by atoms with Gasteiger partial charge in [-0.25, -0.2) is 0 Å². The van der Waals surface area contributed by atoms with Gasteiger partial charge in [0.25, 0.3) is 0 Å². The van der Waals surface area contributed by atoms with Crippen LogP contribution in [0.1, 0.15) is 32.1 Å². The first kappa shape index (κ1) is 12.2. The van der Waals surface area contributed by atoms with E-state index >= 15 is 0 Å². The van der Waals surface area contributed by atoms with E-state index in [9.17, 15) is 5.11 Å². The smallest absolute Gasteiger partial charge is 0.224 e. The summed E-state index contributed by atoms with van der Waals surface area (Å²) in [5.74, 6) is 0.838. The van der Waals surface area contributed by atoms with E-state index in [1.807, 2.05) is 0 Å². The van der Waals surface area contributed by atoms with Gasteiger partial charge in [-0.3, -0.25) is 5.10 Å². The molecule has 0 saturated heterocycles. The van der Waals surface area contributed by atoms with Crippen molar-refractivity contribution in [2.75, 3.05) is 11.1 Å². The van der Waals surface area contributed by atoms with E-state index in [4.69, 9.17) is 5.73 Å². The van der Waals surface area contributed by atoms with E-state index in [2.05, 4.69) is 25.5 Å². The zero-order valence-electron chi connectivity index (χ0n) is 10.6. The molecule has 0 spiro atoms. The Morgan fingerprint density at radius 2 is 2.11 bits per heavy atom. The van der Waals surface area contributed by atoms with Gasteiger partial charge in [0.15, 0.2) is 5.65 Å². The lowest BCUT2D eigenvalue weighted by Crippen LogP contribution is -2.33. The SMILES string of the molecule is Nc1nc(NC2CCCCCC2O)c2cn[nH]c2n1. The molecule has 0 aliphatic heterocycles. The van der Waals surface area contributed by atoms with Crippen molar-refractivity contribution in [1.29, 1.82) is 0 Å². The van der Waals surface area contributed by atoms with Gasteiger partial charge in [0, 0.05) is 0 Å². The largest absolute Gasteiger partial charge is 0.391 e. The highest BCUT2D eigenvalue weighted by Crippen LogP contribution is 2.24. The molecule has 2 heterocycles. The maximum atomic E-state index is 10.1. The van der Waals surface area contributed by atoms with Crippen LogP contribution in [0.3, 0.4) is 0 Å². The lowest BCUT2D eigenvalue weighted by Gasteiger charge is -2.22. The van der Waals surface area contributed by atoms with Crippen LogP contribution in [0.25, 0.3) is 11.0 Å². The lowest BCUT2D eigenvalue weighted by molar-refractivity contribution is 0.144. The number of aromatic nitrogens is 4. The standard InChI is InChI=1S/C12H18N6O/c13-12-16-10(7-6-14-18-11(7)17-12)15-8-4-2-1-3-5-9(8)19/h6,8-9,19H,1-5H2,(H4,13,14,15,16,17,18). The number of rotatable bonds is 2. The fourth-order valence-electron chi connectivity index (χ4n) is 2.59. The Balaban J connectivity index is 1.89. The molecule has 7 heteroatoms. The Bertz CT molecular complexity index is 568. The summed E-state index contributed by atoms with van der Waals surface area (Å²) in [5, 5.41) is 21.0. The van der Waals surface area contributed by atoms with Crippen LogP contribution in [0.5, 0.6) is 0 Å². The molecule has 3 rings (SSSR count). The average Bonchev–Trinajstić information content (AvgIpc) is 2.75. The zero-order chi connectivity index (χ0) is 13.2. The number of fused-ring (bicyclic) bond motifs is 1. The number of aliphatic hydroxyl groups is 1. The summed E-state index contributed by atoms with van der Waals surface area (Å²) >= 11 is 0. The molecule has 5 N–H and O–H groups in total. The number of aliphatic hydroxyl groups excluding tert-OH is 1. The van der Waals surface area contributed by atoms with Crippen molar-refractivity contribution in [2.24, 2.45) is 0 Å². The quantitative estimate of drug-likeness (QED) is 0.601. The summed E-state index contributed by atoms with van der Waals surface area (Å²) in [6.07, 6.45) is 6.44. The summed E-state index contributed by atoms with van der Waals surface area (Å²) < 4.78 is 0. The number of nitrogen functional groups attached to an aromatic ring is 1. The number of nitrogens with zero attached hydrogens (tertiary/aromatic N) is 3. The zero-order valence-corrected chi connectivity index (χ0v) is 10.6. The number of H-pyrrole nitrogens is 1. The van der Waals surface area contributed by atoms with Crippen molar-refractivity contribution in [3.8, 4) is 0 Å². The molecule has 0 bridgehead atoms. The second kappa shape index (κ2) is 5.00. The van der Waals surface area contributed by atoms with E-state index in [1.54, 1.807) is 6.20 Å². The first-order valence-corrected chi connectivity index (χ1v) is 6.65. The van der Waals surface area contributed by atoms with Crippen molar-refractivity contribution in [3.05, 3.63) is 6.20 Å². The van der Waals surface area contributed by atoms with E-state index < -0.39 is 0 Å². The van der Waals surface area contributed by atoms with Gasteiger partial charge in [-0.2, -0.15) is 15.1 Å². The minimum absolute atomic E-state index is 0.00917. The molecule has 2 aromatic heterocycles. The minimum atomic E-state index is -0.347. The molecule has 2 unspecified atom stereocenters.